The number of para-hydroxylation sites is 1. The Labute approximate surface area is 119 Å². The number of carbonyl (C=O) groups excluding carboxylic acids is 1. The van der Waals surface area contributed by atoms with Crippen molar-refractivity contribution in [3.05, 3.63) is 56.7 Å². The number of ketones is 1. The van der Waals surface area contributed by atoms with E-state index >= 15 is 0 Å². The van der Waals surface area contributed by atoms with Crippen molar-refractivity contribution in [2.75, 3.05) is 0 Å². The molecule has 0 unspecified atom stereocenters. The van der Waals surface area contributed by atoms with Crippen LogP contribution in [0.15, 0.2) is 39.9 Å². The molecular formula is C15H14N2O4. The molecule has 108 valence electrons. The average Bonchev–Trinajstić information content (AvgIpc) is 3.24. The molecule has 1 fully saturated rings. The highest BCUT2D eigenvalue weighted by Crippen LogP contribution is 2.36. The Balaban J connectivity index is 2.42. The highest BCUT2D eigenvalue weighted by Gasteiger charge is 2.32. The van der Waals surface area contributed by atoms with Crippen LogP contribution in [0.1, 0.15) is 36.2 Å². The predicted molar refractivity (Wildman–Crippen MR) is 76.2 cm³/mol. The topological polar surface area (TPSA) is 81.3 Å². The number of carbonyl (C=O) groups is 1. The molecule has 0 spiro atoms. The molecule has 0 saturated heterocycles. The van der Waals surface area contributed by atoms with E-state index in [1.807, 2.05) is 0 Å². The van der Waals surface area contributed by atoms with Gasteiger partial charge in [-0.25, -0.2) is 9.36 Å². The van der Waals surface area contributed by atoms with Crippen molar-refractivity contribution in [1.29, 1.82) is 0 Å². The van der Waals surface area contributed by atoms with Gasteiger partial charge in [-0.1, -0.05) is 18.2 Å². The molecule has 1 aromatic carbocycles. The molecule has 2 aromatic rings. The number of rotatable bonds is 3. The molecule has 1 heterocycles. The Morgan fingerprint density at radius 3 is 2.33 bits per heavy atom. The fourth-order valence-electron chi connectivity index (χ4n) is 2.39. The van der Waals surface area contributed by atoms with Gasteiger partial charge in [0.2, 0.25) is 5.88 Å². The lowest BCUT2D eigenvalue weighted by Gasteiger charge is -2.14. The third-order valence-electron chi connectivity index (χ3n) is 3.54. The fraction of sp³-hybridized carbons (Fsp3) is 0.267. The zero-order valence-electron chi connectivity index (χ0n) is 11.4. The molecular weight excluding hydrogens is 272 g/mol. The Hall–Kier alpha value is -2.63. The molecule has 0 radical (unpaired) electrons. The summed E-state index contributed by atoms with van der Waals surface area (Å²) in [6.07, 6.45) is 1.50. The number of aromatic hydroxyl groups is 1. The molecule has 1 saturated carbocycles. The van der Waals surface area contributed by atoms with Crippen LogP contribution in [0.5, 0.6) is 5.88 Å². The van der Waals surface area contributed by atoms with Crippen molar-refractivity contribution < 1.29 is 9.90 Å². The number of hydrogen-bond acceptors (Lipinski definition) is 4. The zero-order chi connectivity index (χ0) is 15.1. The summed E-state index contributed by atoms with van der Waals surface area (Å²) in [5.41, 5.74) is -1.36. The lowest BCUT2D eigenvalue weighted by molar-refractivity contribution is 0.101. The number of aromatic nitrogens is 2. The van der Waals surface area contributed by atoms with Gasteiger partial charge in [0.15, 0.2) is 5.78 Å². The number of Topliss-reactive ketones (excluding diaryl/α,β-unsaturated/α-hetero) is 1. The Bertz CT molecular complexity index is 829. The molecule has 3 rings (SSSR count). The number of nitrogens with zero attached hydrogens (tertiary/aromatic N) is 2. The van der Waals surface area contributed by atoms with E-state index in [0.717, 1.165) is 22.0 Å². The van der Waals surface area contributed by atoms with E-state index in [4.69, 9.17) is 0 Å². The van der Waals surface area contributed by atoms with Gasteiger partial charge in [-0.2, -0.15) is 0 Å². The molecule has 1 aromatic heterocycles. The van der Waals surface area contributed by atoms with E-state index in [9.17, 15) is 19.5 Å². The maximum Gasteiger partial charge on any atom is 0.338 e. The smallest absolute Gasteiger partial charge is 0.338 e. The van der Waals surface area contributed by atoms with Crippen molar-refractivity contribution in [1.82, 2.24) is 9.13 Å². The Morgan fingerprint density at radius 2 is 1.81 bits per heavy atom. The molecule has 21 heavy (non-hydrogen) atoms. The largest absolute Gasteiger partial charge is 0.494 e. The van der Waals surface area contributed by atoms with Crippen molar-refractivity contribution in [3.63, 3.8) is 0 Å². The maximum absolute atomic E-state index is 12.5. The van der Waals surface area contributed by atoms with E-state index < -0.39 is 22.9 Å². The van der Waals surface area contributed by atoms with Gasteiger partial charge in [0.25, 0.3) is 5.56 Å². The van der Waals surface area contributed by atoms with Gasteiger partial charge >= 0.3 is 5.69 Å². The second-order valence-electron chi connectivity index (χ2n) is 5.11. The second kappa shape index (κ2) is 4.73. The van der Waals surface area contributed by atoms with Gasteiger partial charge in [-0.3, -0.25) is 14.2 Å². The summed E-state index contributed by atoms with van der Waals surface area (Å²) < 4.78 is 2.08. The van der Waals surface area contributed by atoms with Gasteiger partial charge in [0.05, 0.1) is 5.69 Å². The van der Waals surface area contributed by atoms with Gasteiger partial charge in [0, 0.05) is 6.04 Å². The first kappa shape index (κ1) is 13.4. The summed E-state index contributed by atoms with van der Waals surface area (Å²) in [7, 11) is 0. The van der Waals surface area contributed by atoms with Crippen LogP contribution in [0.3, 0.4) is 0 Å². The Morgan fingerprint density at radius 1 is 1.19 bits per heavy atom. The molecule has 0 atom stereocenters. The third-order valence-corrected chi connectivity index (χ3v) is 3.54. The standard InChI is InChI=1S/C15H14N2O4/c1-9(18)12-13(19)16(10-5-3-2-4-6-10)15(21)17(14(12)20)11-7-8-11/h2-6,11,20H,7-8H2,1H3. The summed E-state index contributed by atoms with van der Waals surface area (Å²) in [6.45, 7) is 1.20. The highest BCUT2D eigenvalue weighted by molar-refractivity contribution is 5.95. The third kappa shape index (κ3) is 2.08. The van der Waals surface area contributed by atoms with E-state index in [0.29, 0.717) is 5.69 Å². The summed E-state index contributed by atoms with van der Waals surface area (Å²) in [5.74, 6) is -1.08. The first-order valence-corrected chi connectivity index (χ1v) is 6.69. The van der Waals surface area contributed by atoms with E-state index in [1.54, 1.807) is 30.3 Å². The molecule has 1 N–H and O–H groups in total. The minimum atomic E-state index is -0.784. The lowest BCUT2D eigenvalue weighted by Crippen LogP contribution is -2.41. The quantitative estimate of drug-likeness (QED) is 0.861. The van der Waals surface area contributed by atoms with Gasteiger partial charge in [0.1, 0.15) is 5.56 Å². The van der Waals surface area contributed by atoms with Crippen LogP contribution >= 0.6 is 0 Å². The number of hydrogen-bond donors (Lipinski definition) is 1. The second-order valence-corrected chi connectivity index (χ2v) is 5.11. The van der Waals surface area contributed by atoms with Crippen LogP contribution < -0.4 is 11.2 Å². The van der Waals surface area contributed by atoms with Crippen LogP contribution in [-0.2, 0) is 0 Å². The van der Waals surface area contributed by atoms with Crippen LogP contribution in [-0.4, -0.2) is 20.0 Å². The number of benzene rings is 1. The van der Waals surface area contributed by atoms with E-state index in [1.165, 1.54) is 6.92 Å². The van der Waals surface area contributed by atoms with E-state index in [-0.39, 0.29) is 11.6 Å². The van der Waals surface area contributed by atoms with Crippen LogP contribution in [0, 0.1) is 0 Å². The van der Waals surface area contributed by atoms with Crippen LogP contribution in [0.4, 0.5) is 0 Å². The minimum Gasteiger partial charge on any atom is -0.494 e. The minimum absolute atomic E-state index is 0.147. The molecule has 0 aliphatic heterocycles. The molecule has 1 aliphatic rings. The lowest BCUT2D eigenvalue weighted by atomic mass is 10.2. The maximum atomic E-state index is 12.5. The van der Waals surface area contributed by atoms with Crippen molar-refractivity contribution in [2.24, 2.45) is 0 Å². The molecule has 1 aliphatic carbocycles. The van der Waals surface area contributed by atoms with E-state index in [2.05, 4.69) is 0 Å². The summed E-state index contributed by atoms with van der Waals surface area (Å²) in [4.78, 5) is 36.6. The normalized spacial score (nSPS) is 14.1. The predicted octanol–water partition coefficient (Wildman–Crippen LogP) is 1.24. The van der Waals surface area contributed by atoms with Crippen molar-refractivity contribution in [3.8, 4) is 11.6 Å². The van der Waals surface area contributed by atoms with Crippen molar-refractivity contribution >= 4 is 5.78 Å². The summed E-state index contributed by atoms with van der Waals surface area (Å²) in [5, 5.41) is 10.1. The zero-order valence-corrected chi connectivity index (χ0v) is 11.4. The Kier molecular flexibility index (Phi) is 3.01. The molecule has 0 amide bonds. The van der Waals surface area contributed by atoms with Gasteiger partial charge in [-0.15, -0.1) is 0 Å². The molecule has 6 heteroatoms. The average molecular weight is 286 g/mol. The SMILES string of the molecule is CC(=O)c1c(O)n(C2CC2)c(=O)n(-c2ccccc2)c1=O. The highest BCUT2D eigenvalue weighted by atomic mass is 16.3. The van der Waals surface area contributed by atoms with Gasteiger partial charge in [-0.05, 0) is 31.9 Å². The monoisotopic (exact) mass is 286 g/mol. The van der Waals surface area contributed by atoms with Crippen molar-refractivity contribution in [2.45, 2.75) is 25.8 Å². The summed E-state index contributed by atoms with van der Waals surface area (Å²) >= 11 is 0. The molecule has 6 nitrogen and oxygen atoms in total. The molecule has 0 bridgehead atoms. The van der Waals surface area contributed by atoms with Crippen LogP contribution in [0.25, 0.3) is 5.69 Å². The van der Waals surface area contributed by atoms with Crippen LogP contribution in [0.2, 0.25) is 0 Å². The van der Waals surface area contributed by atoms with Gasteiger partial charge < -0.3 is 5.11 Å². The summed E-state index contributed by atoms with van der Waals surface area (Å²) in [6, 6.07) is 8.24. The fourth-order valence-corrected chi connectivity index (χ4v) is 2.39. The first-order chi connectivity index (χ1) is 10.0. The first-order valence-electron chi connectivity index (χ1n) is 6.69.